The van der Waals surface area contributed by atoms with Gasteiger partial charge in [-0.3, -0.25) is 9.05 Å². The summed E-state index contributed by atoms with van der Waals surface area (Å²) in [4.78, 5) is 0. The van der Waals surface area contributed by atoms with Gasteiger partial charge in [0.15, 0.2) is 0 Å². The van der Waals surface area contributed by atoms with Crippen LogP contribution in [0.3, 0.4) is 0 Å². The Morgan fingerprint density at radius 2 is 1.38 bits per heavy atom. The number of rotatable bonds is 10. The summed E-state index contributed by atoms with van der Waals surface area (Å²) in [6.45, 7) is 0.495. The molecule has 0 aliphatic carbocycles. The predicted octanol–water partition coefficient (Wildman–Crippen LogP) is 6.22. The molecule has 0 saturated heterocycles. The van der Waals surface area contributed by atoms with E-state index in [1.807, 2.05) is 6.07 Å². The summed E-state index contributed by atoms with van der Waals surface area (Å²) >= 11 is 13.3. The van der Waals surface area contributed by atoms with Crippen LogP contribution in [-0.2, 0) is 13.6 Å². The topological polar surface area (TPSA) is 44.8 Å². The van der Waals surface area contributed by atoms with Crippen LogP contribution in [0.15, 0.2) is 30.3 Å². The van der Waals surface area contributed by atoms with Gasteiger partial charge in [0.1, 0.15) is 5.75 Å². The molecule has 0 atom stereocenters. The molecule has 9 heteroatoms. The second-order valence-corrected chi connectivity index (χ2v) is 12.3. The van der Waals surface area contributed by atoms with Gasteiger partial charge < -0.3 is 4.52 Å². The van der Waals surface area contributed by atoms with Gasteiger partial charge in [-0.2, -0.15) is 0 Å². The molecular weight excluding hydrogens is 559 g/mol. The first-order chi connectivity index (χ1) is 9.91. The van der Waals surface area contributed by atoms with Gasteiger partial charge in [0.25, 0.3) is 0 Å². The highest BCUT2D eigenvalue weighted by Crippen LogP contribution is 2.50. The van der Waals surface area contributed by atoms with E-state index < -0.39 is 7.82 Å². The molecule has 1 aromatic rings. The minimum atomic E-state index is -3.64. The molecule has 0 spiro atoms. The van der Waals surface area contributed by atoms with E-state index in [2.05, 4.69) is 63.7 Å². The van der Waals surface area contributed by atoms with Crippen molar-refractivity contribution in [2.45, 2.75) is 20.3 Å². The van der Waals surface area contributed by atoms with Crippen molar-refractivity contribution >= 4 is 71.5 Å². The summed E-state index contributed by atoms with van der Waals surface area (Å²) in [6, 6.07) is 8.84. The Kier molecular flexibility index (Phi) is 10.3. The van der Waals surface area contributed by atoms with E-state index in [0.29, 0.717) is 18.6 Å². The average Bonchev–Trinajstić information content (AvgIpc) is 2.38. The summed E-state index contributed by atoms with van der Waals surface area (Å²) in [5.41, 5.74) is 0. The first kappa shape index (κ1) is 20.1. The SMILES string of the molecule is O=P(OCCC(Br)Br)(OCCC(Br)Br)Oc1ccccc1. The number of phosphoric ester groups is 1. The van der Waals surface area contributed by atoms with Crippen LogP contribution in [0, 0.1) is 0 Å². The van der Waals surface area contributed by atoms with E-state index in [9.17, 15) is 4.57 Å². The van der Waals surface area contributed by atoms with Crippen LogP contribution >= 0.6 is 71.5 Å². The molecule has 0 radical (unpaired) electrons. The summed E-state index contributed by atoms with van der Waals surface area (Å²) in [5, 5.41) is 0. The lowest BCUT2D eigenvalue weighted by atomic mass is 10.3. The molecule has 0 N–H and O–H groups in total. The number of halogens is 4. The molecule has 120 valence electrons. The summed E-state index contributed by atoms with van der Waals surface area (Å²) in [5.74, 6) is 0.448. The fourth-order valence-corrected chi connectivity index (χ4v) is 3.17. The van der Waals surface area contributed by atoms with Gasteiger partial charge in [0.2, 0.25) is 0 Å². The van der Waals surface area contributed by atoms with Gasteiger partial charge in [-0.15, -0.1) is 0 Å². The van der Waals surface area contributed by atoms with Gasteiger partial charge in [0, 0.05) is 0 Å². The van der Waals surface area contributed by atoms with Crippen LogP contribution in [0.4, 0.5) is 0 Å². The lowest BCUT2D eigenvalue weighted by Gasteiger charge is -2.19. The minimum Gasteiger partial charge on any atom is -0.404 e. The van der Waals surface area contributed by atoms with E-state index in [0.717, 1.165) is 0 Å². The van der Waals surface area contributed by atoms with Crippen LogP contribution in [0.5, 0.6) is 5.75 Å². The Labute approximate surface area is 158 Å². The third-order valence-electron chi connectivity index (χ3n) is 2.13. The molecular formula is C12H15Br4O4P. The molecule has 0 aliphatic heterocycles. The van der Waals surface area contributed by atoms with E-state index in [1.54, 1.807) is 24.3 Å². The largest absolute Gasteiger partial charge is 0.530 e. The fourth-order valence-electron chi connectivity index (χ4n) is 1.21. The van der Waals surface area contributed by atoms with Crippen molar-refractivity contribution in [1.82, 2.24) is 0 Å². The van der Waals surface area contributed by atoms with Gasteiger partial charge in [-0.25, -0.2) is 4.57 Å². The number of para-hydroxylation sites is 1. The average molecular weight is 574 g/mol. The van der Waals surface area contributed by atoms with Crippen molar-refractivity contribution in [2.24, 2.45) is 0 Å². The molecule has 0 saturated carbocycles. The van der Waals surface area contributed by atoms with E-state index in [-0.39, 0.29) is 20.7 Å². The van der Waals surface area contributed by atoms with Crippen molar-refractivity contribution in [3.8, 4) is 5.75 Å². The zero-order valence-corrected chi connectivity index (χ0v) is 18.2. The highest BCUT2D eigenvalue weighted by Gasteiger charge is 2.29. The van der Waals surface area contributed by atoms with Crippen molar-refractivity contribution in [3.05, 3.63) is 30.3 Å². The minimum absolute atomic E-state index is 0.0876. The fraction of sp³-hybridized carbons (Fsp3) is 0.500. The molecule has 4 nitrogen and oxygen atoms in total. The Balaban J connectivity index is 2.61. The third kappa shape index (κ3) is 9.74. The van der Waals surface area contributed by atoms with Gasteiger partial charge >= 0.3 is 7.82 Å². The maximum atomic E-state index is 12.6. The van der Waals surface area contributed by atoms with Crippen LogP contribution in [-0.4, -0.2) is 20.7 Å². The summed E-state index contributed by atoms with van der Waals surface area (Å²) in [7, 11) is -3.64. The van der Waals surface area contributed by atoms with Gasteiger partial charge in [-0.05, 0) is 25.0 Å². The molecule has 0 bridgehead atoms. The van der Waals surface area contributed by atoms with Crippen molar-refractivity contribution in [3.63, 3.8) is 0 Å². The smallest absolute Gasteiger partial charge is 0.404 e. The van der Waals surface area contributed by atoms with E-state index in [1.165, 1.54) is 0 Å². The Bertz CT molecular complexity index is 426. The number of hydrogen-bond acceptors (Lipinski definition) is 4. The second kappa shape index (κ2) is 10.8. The predicted molar refractivity (Wildman–Crippen MR) is 99.1 cm³/mol. The summed E-state index contributed by atoms with van der Waals surface area (Å²) in [6.07, 6.45) is 1.26. The van der Waals surface area contributed by atoms with Crippen LogP contribution in [0.1, 0.15) is 12.8 Å². The zero-order valence-electron chi connectivity index (χ0n) is 11.0. The van der Waals surface area contributed by atoms with Crippen LogP contribution in [0.25, 0.3) is 0 Å². The van der Waals surface area contributed by atoms with Crippen LogP contribution < -0.4 is 4.52 Å². The highest BCUT2D eigenvalue weighted by atomic mass is 79.9. The number of benzene rings is 1. The Morgan fingerprint density at radius 3 is 1.81 bits per heavy atom. The first-order valence-corrected chi connectivity index (χ1v) is 11.2. The zero-order chi connectivity index (χ0) is 15.7. The van der Waals surface area contributed by atoms with E-state index >= 15 is 0 Å². The number of phosphoric acid groups is 1. The molecule has 0 fully saturated rings. The molecule has 0 aliphatic rings. The molecule has 0 amide bonds. The lowest BCUT2D eigenvalue weighted by molar-refractivity contribution is 0.155. The maximum absolute atomic E-state index is 12.6. The van der Waals surface area contributed by atoms with Crippen molar-refractivity contribution < 1.29 is 18.1 Å². The second-order valence-electron chi connectivity index (χ2n) is 3.88. The van der Waals surface area contributed by atoms with Crippen molar-refractivity contribution in [1.29, 1.82) is 0 Å². The monoisotopic (exact) mass is 570 g/mol. The first-order valence-electron chi connectivity index (χ1n) is 6.11. The number of alkyl halides is 4. The number of hydrogen-bond donors (Lipinski definition) is 0. The van der Waals surface area contributed by atoms with Gasteiger partial charge in [0.05, 0.1) is 20.7 Å². The molecule has 21 heavy (non-hydrogen) atoms. The highest BCUT2D eigenvalue weighted by molar-refractivity contribution is 9.25. The standard InChI is InChI=1S/C12H15Br4O4P/c13-11(14)6-8-18-21(17,19-9-7-12(15)16)20-10-4-2-1-3-5-10/h1-5,11-12H,6-9H2. The van der Waals surface area contributed by atoms with Gasteiger partial charge in [-0.1, -0.05) is 81.9 Å². The third-order valence-corrected chi connectivity index (χ3v) is 5.39. The molecule has 0 heterocycles. The van der Waals surface area contributed by atoms with Crippen LogP contribution in [0.2, 0.25) is 0 Å². The van der Waals surface area contributed by atoms with Crippen molar-refractivity contribution in [2.75, 3.05) is 13.2 Å². The molecule has 1 rings (SSSR count). The normalized spacial score (nSPS) is 12.1. The maximum Gasteiger partial charge on any atom is 0.530 e. The lowest BCUT2D eigenvalue weighted by Crippen LogP contribution is -2.07. The Hall–Kier alpha value is 1.09. The molecule has 1 aromatic carbocycles. The Morgan fingerprint density at radius 1 is 0.905 bits per heavy atom. The quantitative estimate of drug-likeness (QED) is 0.246. The van der Waals surface area contributed by atoms with E-state index in [4.69, 9.17) is 13.6 Å². The summed E-state index contributed by atoms with van der Waals surface area (Å²) < 4.78 is 28.9. The molecule has 0 unspecified atom stereocenters. The molecule has 0 aromatic heterocycles.